The van der Waals surface area contributed by atoms with Crippen LogP contribution in [0.2, 0.25) is 25.7 Å². The Labute approximate surface area is 385 Å². The number of rotatable bonds is 19. The van der Waals surface area contributed by atoms with Crippen molar-refractivity contribution >= 4 is 31.8 Å². The van der Waals surface area contributed by atoms with Gasteiger partial charge < -0.3 is 104 Å². The topological polar surface area (TPSA) is 365 Å². The maximum absolute atomic E-state index is 12.8. The minimum absolute atomic E-state index is 0. The second-order valence-corrected chi connectivity index (χ2v) is 21.1. The number of hydrogen-bond donors (Lipinski definition) is 10. The van der Waals surface area contributed by atoms with Gasteiger partial charge in [0, 0.05) is 34.9 Å². The van der Waals surface area contributed by atoms with Gasteiger partial charge in [0.25, 0.3) is 0 Å². The van der Waals surface area contributed by atoms with Crippen LogP contribution in [0, 0.1) is 0 Å². The summed E-state index contributed by atoms with van der Waals surface area (Å²) in [5, 5.41) is 115. The smallest absolute Gasteiger partial charge is 0.547 e. The van der Waals surface area contributed by atoms with Crippen molar-refractivity contribution in [2.75, 3.05) is 26.4 Å². The molecule has 0 aliphatic carbocycles. The number of aliphatic hydroxyl groups excluding tert-OH is 8. The molecule has 0 radical (unpaired) electrons. The Bertz CT molecular complexity index is 1370. The fraction of sp³-hybridized carbons (Fsp3) is 0.879. The van der Waals surface area contributed by atoms with E-state index in [0.29, 0.717) is 6.04 Å². The predicted molar refractivity (Wildman–Crippen MR) is 184 cm³/mol. The van der Waals surface area contributed by atoms with Gasteiger partial charge in [-0.3, -0.25) is 9.59 Å². The summed E-state index contributed by atoms with van der Waals surface area (Å²) in [6, 6.07) is -2.38. The zero-order valence-corrected chi connectivity index (χ0v) is 39.4. The molecule has 3 heterocycles. The summed E-state index contributed by atoms with van der Waals surface area (Å²) in [4.78, 5) is 48.5. The molecule has 10 N–H and O–H groups in total. The van der Waals surface area contributed by atoms with Crippen LogP contribution in [0.15, 0.2) is 0 Å². The SMILES string of the molecule is CC(=O)N[C@H]1[C@H](OCC[Si](C)(C)C)O[C@H](CO[C@@H](C)C(=O)[O-])[C@H](O)[C@@H]1O[C@@H]1O[C@H](CO)[C@H](O)[C@H](O[C@]2(C(=O)[O-])C[C@H](O)[C@@H](NC(C)=O)[C@H]([C@H](O)[C@H](O)CO)O2)[C@H]1O.[Na+].[Na+]. The number of aliphatic carboxylic acids is 2. The van der Waals surface area contributed by atoms with Gasteiger partial charge in [0.05, 0.1) is 44.0 Å². The summed E-state index contributed by atoms with van der Waals surface area (Å²) in [5.74, 6) is -8.44. The molecule has 26 heteroatoms. The summed E-state index contributed by atoms with van der Waals surface area (Å²) in [6.07, 6.45) is -27.4. The largest absolute Gasteiger partial charge is 1.00 e. The molecule has 3 fully saturated rings. The maximum Gasteiger partial charge on any atom is 1.00 e. The van der Waals surface area contributed by atoms with Crippen molar-refractivity contribution < 1.29 is 163 Å². The quantitative estimate of drug-likeness (QED) is 0.0538. The molecule has 3 saturated heterocycles. The van der Waals surface area contributed by atoms with E-state index in [4.69, 9.17) is 33.2 Å². The molecule has 3 rings (SSSR count). The Morgan fingerprint density at radius 2 is 1.42 bits per heavy atom. The third-order valence-electron chi connectivity index (χ3n) is 9.63. The number of carboxylic acid groups (broad SMARTS) is 2. The summed E-state index contributed by atoms with van der Waals surface area (Å²) >= 11 is 0. The molecule has 0 spiro atoms. The van der Waals surface area contributed by atoms with E-state index >= 15 is 0 Å². The average Bonchev–Trinajstić information content (AvgIpc) is 3.11. The molecule has 330 valence electrons. The third-order valence-corrected chi connectivity index (χ3v) is 11.3. The number of aliphatic hydroxyl groups is 8. The van der Waals surface area contributed by atoms with Crippen LogP contribution in [0.1, 0.15) is 27.2 Å². The number of hydrogen-bond acceptors (Lipinski definition) is 21. The molecule has 3 aliphatic rings. The first-order valence-electron chi connectivity index (χ1n) is 18.3. The number of carbonyl (C=O) groups is 4. The van der Waals surface area contributed by atoms with Crippen LogP contribution in [0.3, 0.4) is 0 Å². The van der Waals surface area contributed by atoms with Crippen LogP contribution in [-0.4, -0.2) is 203 Å². The van der Waals surface area contributed by atoms with Crippen molar-refractivity contribution in [2.24, 2.45) is 0 Å². The Morgan fingerprint density at radius 1 is 0.864 bits per heavy atom. The summed E-state index contributed by atoms with van der Waals surface area (Å²) in [5.41, 5.74) is 0. The van der Waals surface area contributed by atoms with Crippen molar-refractivity contribution in [3.8, 4) is 0 Å². The van der Waals surface area contributed by atoms with Gasteiger partial charge >= 0.3 is 59.1 Å². The summed E-state index contributed by atoms with van der Waals surface area (Å²) in [6.45, 7) is 6.93. The molecule has 17 atom stereocenters. The first kappa shape index (κ1) is 56.5. The standard InChI is InChI=1S/C33H58N2O21Si.2Na/c1-13(29(46)47)51-12-19-24(44)26(21(35-15(3)39)30(53-19)50-7-8-57(4,5)6)54-31-25(45)28(23(43)18(11-37)52-31)56-33(32(48)49)9-16(40)20(34-14(2)38)27(55-33)22(42)17(41)10-36;;/h13,16-28,30-31,36-37,40-45H,7-12H2,1-6H3,(H,34,38)(H,35,39)(H,46,47)(H,48,49);;/q;2*+1/p-2/t13-,16-,17+,18+,19+,20+,21+,22+,23-,24-,25+,26+,27+,28-,30+,31-,33-;;/m0../s1. The number of carboxylic acids is 2. The molecule has 0 aromatic rings. The molecule has 23 nitrogen and oxygen atoms in total. The van der Waals surface area contributed by atoms with E-state index < -0.39 is 162 Å². The molecule has 0 bridgehead atoms. The molecular weight excluding hydrogens is 834 g/mol. The van der Waals surface area contributed by atoms with Crippen LogP contribution in [-0.2, 0) is 52.3 Å². The van der Waals surface area contributed by atoms with Crippen LogP contribution in [0.5, 0.6) is 0 Å². The molecule has 3 aliphatic heterocycles. The van der Waals surface area contributed by atoms with E-state index in [9.17, 15) is 70.2 Å². The van der Waals surface area contributed by atoms with E-state index in [1.807, 2.05) is 0 Å². The minimum Gasteiger partial charge on any atom is -0.547 e. The van der Waals surface area contributed by atoms with E-state index in [-0.39, 0.29) is 65.7 Å². The van der Waals surface area contributed by atoms with Crippen molar-refractivity contribution in [3.05, 3.63) is 0 Å². The molecule has 0 saturated carbocycles. The summed E-state index contributed by atoms with van der Waals surface area (Å²) < 4.78 is 40.1. The fourth-order valence-electron chi connectivity index (χ4n) is 6.46. The average molecular weight is 891 g/mol. The number of carbonyl (C=O) groups excluding carboxylic acids is 4. The van der Waals surface area contributed by atoms with Gasteiger partial charge in [-0.2, -0.15) is 0 Å². The van der Waals surface area contributed by atoms with E-state index in [0.717, 1.165) is 13.8 Å². The third kappa shape index (κ3) is 15.0. The number of amides is 2. The van der Waals surface area contributed by atoms with E-state index in [1.165, 1.54) is 6.92 Å². The molecule has 59 heavy (non-hydrogen) atoms. The Kier molecular flexibility index (Phi) is 23.5. The van der Waals surface area contributed by atoms with Crippen molar-refractivity contribution in [1.82, 2.24) is 10.6 Å². The van der Waals surface area contributed by atoms with Gasteiger partial charge in [-0.05, 0) is 13.0 Å². The fourth-order valence-corrected chi connectivity index (χ4v) is 7.19. The molecular formula is C33H56N2Na2O21Si. The summed E-state index contributed by atoms with van der Waals surface area (Å²) in [7, 11) is -1.71. The first-order valence-corrected chi connectivity index (χ1v) is 22.0. The Hall–Kier alpha value is -0.503. The van der Waals surface area contributed by atoms with Crippen LogP contribution in [0.4, 0.5) is 0 Å². The van der Waals surface area contributed by atoms with Gasteiger partial charge in [-0.1, -0.05) is 19.6 Å². The molecule has 0 unspecified atom stereocenters. The zero-order valence-electron chi connectivity index (χ0n) is 34.4. The molecule has 0 aromatic heterocycles. The van der Waals surface area contributed by atoms with Gasteiger partial charge in [-0.25, -0.2) is 0 Å². The normalized spacial score (nSPS) is 36.5. The predicted octanol–water partition coefficient (Wildman–Crippen LogP) is -13.9. The van der Waals surface area contributed by atoms with Gasteiger partial charge in [0.15, 0.2) is 12.6 Å². The van der Waals surface area contributed by atoms with Gasteiger partial charge in [0.1, 0.15) is 73.1 Å². The van der Waals surface area contributed by atoms with Gasteiger partial charge in [-0.15, -0.1) is 0 Å². The van der Waals surface area contributed by atoms with Crippen LogP contribution < -0.4 is 80.0 Å². The monoisotopic (exact) mass is 890 g/mol. The molecule has 2 amide bonds. The zero-order chi connectivity index (χ0) is 43.2. The minimum atomic E-state index is -3.19. The van der Waals surface area contributed by atoms with E-state index in [1.54, 1.807) is 0 Å². The van der Waals surface area contributed by atoms with Crippen LogP contribution in [0.25, 0.3) is 0 Å². The number of ether oxygens (including phenoxy) is 7. The van der Waals surface area contributed by atoms with Crippen molar-refractivity contribution in [1.29, 1.82) is 0 Å². The second kappa shape index (κ2) is 24.5. The second-order valence-electron chi connectivity index (χ2n) is 15.5. The Morgan fingerprint density at radius 3 is 1.93 bits per heavy atom. The van der Waals surface area contributed by atoms with Crippen molar-refractivity contribution in [3.63, 3.8) is 0 Å². The van der Waals surface area contributed by atoms with Crippen LogP contribution >= 0.6 is 0 Å². The van der Waals surface area contributed by atoms with E-state index in [2.05, 4.69) is 30.3 Å². The number of nitrogens with one attached hydrogen (secondary N) is 2. The Balaban J connectivity index is 0.00000870. The van der Waals surface area contributed by atoms with Crippen molar-refractivity contribution in [2.45, 2.75) is 157 Å². The van der Waals surface area contributed by atoms with Gasteiger partial charge in [0.2, 0.25) is 17.6 Å². The molecule has 0 aromatic carbocycles. The maximum atomic E-state index is 12.8. The first-order chi connectivity index (χ1) is 26.5.